The van der Waals surface area contributed by atoms with E-state index in [1.54, 1.807) is 14.0 Å². The van der Waals surface area contributed by atoms with Crippen LogP contribution in [0.5, 0.6) is 0 Å². The maximum Gasteiger partial charge on any atom is 0.233 e. The van der Waals surface area contributed by atoms with E-state index in [9.17, 15) is 4.79 Å². The standard InChI is InChI=1S/C7H16N2O2/c1-6(10)3-4-9-7(11)5-8-2/h6,8,10H,3-5H2,1-2H3,(H,9,11)/t6-/m0/s1. The second kappa shape index (κ2) is 6.12. The van der Waals surface area contributed by atoms with Crippen molar-refractivity contribution < 1.29 is 9.90 Å². The molecular formula is C7H16N2O2. The van der Waals surface area contributed by atoms with E-state index < -0.39 is 0 Å². The summed E-state index contributed by atoms with van der Waals surface area (Å²) < 4.78 is 0. The average molecular weight is 160 g/mol. The highest BCUT2D eigenvalue weighted by atomic mass is 16.3. The molecule has 0 bridgehead atoms. The van der Waals surface area contributed by atoms with Gasteiger partial charge in [-0.3, -0.25) is 4.79 Å². The molecule has 0 unspecified atom stereocenters. The van der Waals surface area contributed by atoms with Gasteiger partial charge < -0.3 is 15.7 Å². The molecule has 66 valence electrons. The number of nitrogens with one attached hydrogen (secondary N) is 2. The van der Waals surface area contributed by atoms with E-state index in [1.165, 1.54) is 0 Å². The molecule has 0 spiro atoms. The minimum absolute atomic E-state index is 0.0341. The minimum atomic E-state index is -0.343. The van der Waals surface area contributed by atoms with Crippen molar-refractivity contribution in [3.8, 4) is 0 Å². The number of carbonyl (C=O) groups is 1. The van der Waals surface area contributed by atoms with Crippen LogP contribution in [-0.4, -0.2) is 37.3 Å². The number of hydrogen-bond acceptors (Lipinski definition) is 3. The molecule has 0 saturated heterocycles. The molecule has 0 heterocycles. The third-order valence-electron chi connectivity index (χ3n) is 1.22. The smallest absolute Gasteiger partial charge is 0.233 e. The lowest BCUT2D eigenvalue weighted by Crippen LogP contribution is -2.33. The molecular weight excluding hydrogens is 144 g/mol. The van der Waals surface area contributed by atoms with Crippen LogP contribution >= 0.6 is 0 Å². The quantitative estimate of drug-likeness (QED) is 0.488. The van der Waals surface area contributed by atoms with Crippen LogP contribution in [0.3, 0.4) is 0 Å². The highest BCUT2D eigenvalue weighted by molar-refractivity contribution is 5.77. The van der Waals surface area contributed by atoms with Crippen LogP contribution in [0.2, 0.25) is 0 Å². The summed E-state index contributed by atoms with van der Waals surface area (Å²) in [5, 5.41) is 14.2. The van der Waals surface area contributed by atoms with Gasteiger partial charge in [-0.2, -0.15) is 0 Å². The number of rotatable bonds is 5. The van der Waals surface area contributed by atoms with Crippen molar-refractivity contribution in [2.45, 2.75) is 19.4 Å². The van der Waals surface area contributed by atoms with Crippen molar-refractivity contribution in [1.29, 1.82) is 0 Å². The first-order valence-corrected chi connectivity index (χ1v) is 3.76. The fraction of sp³-hybridized carbons (Fsp3) is 0.857. The van der Waals surface area contributed by atoms with Crippen molar-refractivity contribution in [3.63, 3.8) is 0 Å². The van der Waals surface area contributed by atoms with Crippen LogP contribution in [0.25, 0.3) is 0 Å². The number of likely N-dealkylation sites (N-methyl/N-ethyl adjacent to an activating group) is 1. The first-order valence-electron chi connectivity index (χ1n) is 3.76. The van der Waals surface area contributed by atoms with Crippen LogP contribution in [0.15, 0.2) is 0 Å². The Hall–Kier alpha value is -0.610. The monoisotopic (exact) mass is 160 g/mol. The molecule has 11 heavy (non-hydrogen) atoms. The molecule has 0 fully saturated rings. The molecule has 4 heteroatoms. The Morgan fingerprint density at radius 3 is 2.73 bits per heavy atom. The molecule has 0 saturated carbocycles. The third-order valence-corrected chi connectivity index (χ3v) is 1.22. The van der Waals surface area contributed by atoms with Crippen LogP contribution in [-0.2, 0) is 4.79 Å². The largest absolute Gasteiger partial charge is 0.393 e. The van der Waals surface area contributed by atoms with Gasteiger partial charge in [0.25, 0.3) is 0 Å². The Bertz CT molecular complexity index is 115. The number of aliphatic hydroxyl groups is 1. The topological polar surface area (TPSA) is 61.4 Å². The lowest BCUT2D eigenvalue weighted by atomic mass is 10.3. The normalized spacial score (nSPS) is 12.6. The summed E-state index contributed by atoms with van der Waals surface area (Å²) >= 11 is 0. The molecule has 0 aromatic heterocycles. The average Bonchev–Trinajstić information content (AvgIpc) is 1.87. The molecule has 1 atom stereocenters. The lowest BCUT2D eigenvalue weighted by molar-refractivity contribution is -0.120. The van der Waals surface area contributed by atoms with Gasteiger partial charge >= 0.3 is 0 Å². The van der Waals surface area contributed by atoms with E-state index in [2.05, 4.69) is 10.6 Å². The fourth-order valence-electron chi connectivity index (χ4n) is 0.644. The van der Waals surface area contributed by atoms with Crippen molar-refractivity contribution in [1.82, 2.24) is 10.6 Å². The summed E-state index contributed by atoms with van der Waals surface area (Å²) in [6, 6.07) is 0. The maximum absolute atomic E-state index is 10.8. The summed E-state index contributed by atoms with van der Waals surface area (Å²) in [5.74, 6) is -0.0341. The first-order chi connectivity index (χ1) is 5.16. The van der Waals surface area contributed by atoms with Gasteiger partial charge in [0.05, 0.1) is 12.6 Å². The molecule has 4 nitrogen and oxygen atoms in total. The van der Waals surface area contributed by atoms with Gasteiger partial charge in [0, 0.05) is 6.54 Å². The van der Waals surface area contributed by atoms with Crippen molar-refractivity contribution in [2.24, 2.45) is 0 Å². The summed E-state index contributed by atoms with van der Waals surface area (Å²) in [6.45, 7) is 2.57. The van der Waals surface area contributed by atoms with E-state index in [1.807, 2.05) is 0 Å². The summed E-state index contributed by atoms with van der Waals surface area (Å²) in [6.07, 6.45) is 0.264. The zero-order chi connectivity index (χ0) is 8.69. The van der Waals surface area contributed by atoms with Gasteiger partial charge in [0.1, 0.15) is 0 Å². The number of hydrogen-bond donors (Lipinski definition) is 3. The Morgan fingerprint density at radius 2 is 2.27 bits per heavy atom. The maximum atomic E-state index is 10.8. The van der Waals surface area contributed by atoms with Gasteiger partial charge in [0.15, 0.2) is 0 Å². The lowest BCUT2D eigenvalue weighted by Gasteiger charge is -2.05. The zero-order valence-electron chi connectivity index (χ0n) is 7.05. The molecule has 0 radical (unpaired) electrons. The molecule has 3 N–H and O–H groups in total. The molecule has 0 rings (SSSR count). The third kappa shape index (κ3) is 7.29. The van der Waals surface area contributed by atoms with Gasteiger partial charge in [-0.05, 0) is 20.4 Å². The van der Waals surface area contributed by atoms with E-state index in [-0.39, 0.29) is 12.0 Å². The van der Waals surface area contributed by atoms with Crippen molar-refractivity contribution in [2.75, 3.05) is 20.1 Å². The minimum Gasteiger partial charge on any atom is -0.393 e. The van der Waals surface area contributed by atoms with E-state index in [4.69, 9.17) is 5.11 Å². The van der Waals surface area contributed by atoms with Gasteiger partial charge in [-0.15, -0.1) is 0 Å². The van der Waals surface area contributed by atoms with E-state index >= 15 is 0 Å². The number of amides is 1. The Labute approximate surface area is 67.0 Å². The van der Waals surface area contributed by atoms with Crippen molar-refractivity contribution >= 4 is 5.91 Å². The number of carbonyl (C=O) groups excluding carboxylic acids is 1. The molecule has 0 aromatic rings. The first kappa shape index (κ1) is 10.4. The molecule has 0 aromatic carbocycles. The summed E-state index contributed by atoms with van der Waals surface area (Å²) in [7, 11) is 1.72. The number of aliphatic hydroxyl groups excluding tert-OH is 1. The van der Waals surface area contributed by atoms with Crippen molar-refractivity contribution in [3.05, 3.63) is 0 Å². The van der Waals surface area contributed by atoms with E-state index in [0.29, 0.717) is 19.5 Å². The SMILES string of the molecule is CNCC(=O)NCC[C@H](C)O. The molecule has 0 aliphatic rings. The second-order valence-electron chi connectivity index (χ2n) is 2.52. The van der Waals surface area contributed by atoms with Gasteiger partial charge in [0.2, 0.25) is 5.91 Å². The predicted octanol–water partition coefficient (Wildman–Crippen LogP) is -0.907. The van der Waals surface area contributed by atoms with Crippen LogP contribution in [0.1, 0.15) is 13.3 Å². The van der Waals surface area contributed by atoms with Crippen LogP contribution < -0.4 is 10.6 Å². The Kier molecular flexibility index (Phi) is 5.78. The second-order valence-corrected chi connectivity index (χ2v) is 2.52. The summed E-state index contributed by atoms with van der Waals surface area (Å²) in [5.41, 5.74) is 0. The molecule has 0 aliphatic carbocycles. The van der Waals surface area contributed by atoms with Crippen LogP contribution in [0, 0.1) is 0 Å². The molecule has 0 aliphatic heterocycles. The summed E-state index contributed by atoms with van der Waals surface area (Å²) in [4.78, 5) is 10.8. The van der Waals surface area contributed by atoms with E-state index in [0.717, 1.165) is 0 Å². The predicted molar refractivity (Wildman–Crippen MR) is 43.2 cm³/mol. The van der Waals surface area contributed by atoms with Gasteiger partial charge in [-0.25, -0.2) is 0 Å². The fourth-order valence-corrected chi connectivity index (χ4v) is 0.644. The Morgan fingerprint density at radius 1 is 1.64 bits per heavy atom. The Balaban J connectivity index is 3.17. The van der Waals surface area contributed by atoms with Gasteiger partial charge in [-0.1, -0.05) is 0 Å². The van der Waals surface area contributed by atoms with Crippen LogP contribution in [0.4, 0.5) is 0 Å². The zero-order valence-corrected chi connectivity index (χ0v) is 7.05. The highest BCUT2D eigenvalue weighted by Gasteiger charge is 1.98. The molecule has 1 amide bonds. The highest BCUT2D eigenvalue weighted by Crippen LogP contribution is 1.84.